The first-order valence-corrected chi connectivity index (χ1v) is 7.80. The van der Waals surface area contributed by atoms with Crippen LogP contribution in [0, 0.1) is 0 Å². The molecule has 1 N–H and O–H groups in total. The number of aliphatic carboxylic acids is 1. The van der Waals surface area contributed by atoms with Crippen LogP contribution < -0.4 is 4.74 Å². The lowest BCUT2D eigenvalue weighted by Crippen LogP contribution is -2.56. The summed E-state index contributed by atoms with van der Waals surface area (Å²) in [5, 5.41) is 9.28. The lowest BCUT2D eigenvalue weighted by molar-refractivity contribution is -0.337. The first kappa shape index (κ1) is 18.3. The molecule has 0 bridgehead atoms. The maximum absolute atomic E-state index is 13.9. The van der Waals surface area contributed by atoms with E-state index in [4.69, 9.17) is 21.1 Å². The van der Waals surface area contributed by atoms with Crippen molar-refractivity contribution in [2.24, 2.45) is 0 Å². The van der Waals surface area contributed by atoms with Gasteiger partial charge in [0.25, 0.3) is 0 Å². The van der Waals surface area contributed by atoms with Crippen LogP contribution in [0.15, 0.2) is 54.1 Å². The first-order chi connectivity index (χ1) is 12.2. The minimum absolute atomic E-state index is 0.0832. The predicted octanol–water partition coefficient (Wildman–Crippen LogP) is 4.68. The number of carboxylic acids is 1. The van der Waals surface area contributed by atoms with Crippen molar-refractivity contribution in [1.29, 1.82) is 0 Å². The molecule has 3 rings (SSSR count). The number of halogens is 4. The molecule has 136 valence electrons. The molecule has 1 aliphatic heterocycles. The molecule has 1 aliphatic rings. The van der Waals surface area contributed by atoms with Gasteiger partial charge in [-0.15, -0.1) is 0 Å². The Hall–Kier alpha value is -2.51. The van der Waals surface area contributed by atoms with Crippen LogP contribution in [0.1, 0.15) is 11.1 Å². The minimum Gasteiger partial charge on any atom is -0.478 e. The van der Waals surface area contributed by atoms with Gasteiger partial charge >= 0.3 is 17.9 Å². The number of hydrogen-bond acceptors (Lipinski definition) is 3. The Morgan fingerprint density at radius 1 is 1.15 bits per heavy atom. The second-order valence-electron chi connectivity index (χ2n) is 5.51. The van der Waals surface area contributed by atoms with Gasteiger partial charge in [0, 0.05) is 5.56 Å². The Morgan fingerprint density at radius 2 is 1.85 bits per heavy atom. The van der Waals surface area contributed by atoms with Crippen LogP contribution in [0.3, 0.4) is 0 Å². The predicted molar refractivity (Wildman–Crippen MR) is 87.7 cm³/mol. The lowest BCUT2D eigenvalue weighted by Gasteiger charge is -2.38. The number of fused-ring (bicyclic) bond motifs is 1. The van der Waals surface area contributed by atoms with E-state index >= 15 is 0 Å². The molecule has 0 aliphatic carbocycles. The highest BCUT2D eigenvalue weighted by Crippen LogP contribution is 2.48. The molecule has 0 aromatic heterocycles. The van der Waals surface area contributed by atoms with Crippen molar-refractivity contribution >= 4 is 23.6 Å². The molecule has 0 saturated carbocycles. The summed E-state index contributed by atoms with van der Waals surface area (Å²) in [5.41, 5.74) is -0.525. The van der Waals surface area contributed by atoms with Crippen LogP contribution in [0.4, 0.5) is 13.2 Å². The van der Waals surface area contributed by atoms with E-state index in [1.807, 2.05) is 0 Å². The van der Waals surface area contributed by atoms with Crippen molar-refractivity contribution in [3.05, 3.63) is 70.3 Å². The van der Waals surface area contributed by atoms with Crippen molar-refractivity contribution in [3.8, 4) is 5.75 Å². The van der Waals surface area contributed by atoms with Crippen LogP contribution in [-0.2, 0) is 16.1 Å². The molecule has 1 atom stereocenters. The second kappa shape index (κ2) is 6.66. The van der Waals surface area contributed by atoms with E-state index in [1.165, 1.54) is 18.2 Å². The number of carbonyl (C=O) groups is 1. The fraction of sp³-hybridized carbons (Fsp3) is 0.167. The van der Waals surface area contributed by atoms with Gasteiger partial charge in [0.1, 0.15) is 11.3 Å². The Labute approximate surface area is 151 Å². The van der Waals surface area contributed by atoms with Gasteiger partial charge in [0.05, 0.1) is 11.6 Å². The summed E-state index contributed by atoms with van der Waals surface area (Å²) >= 11 is 5.94. The summed E-state index contributed by atoms with van der Waals surface area (Å²) in [5.74, 6) is -5.57. The van der Waals surface area contributed by atoms with Crippen LogP contribution >= 0.6 is 11.6 Å². The molecule has 1 heterocycles. The molecule has 1 unspecified atom stereocenters. The van der Waals surface area contributed by atoms with Crippen LogP contribution in [0.25, 0.3) is 6.08 Å². The summed E-state index contributed by atoms with van der Waals surface area (Å²) < 4.78 is 51.9. The third kappa shape index (κ3) is 3.15. The van der Waals surface area contributed by atoms with Gasteiger partial charge in [-0.05, 0) is 17.7 Å². The van der Waals surface area contributed by atoms with Crippen molar-refractivity contribution in [3.63, 3.8) is 0 Å². The SMILES string of the molecule is O=C(O)C1=Cc2cccc(Cl)c2OC1(OCc1ccccc1)C(F)(F)F. The van der Waals surface area contributed by atoms with E-state index in [9.17, 15) is 23.1 Å². The molecule has 8 heteroatoms. The van der Waals surface area contributed by atoms with Crippen molar-refractivity contribution in [2.75, 3.05) is 0 Å². The molecular weight excluding hydrogens is 373 g/mol. The fourth-order valence-electron chi connectivity index (χ4n) is 2.56. The third-order valence-electron chi connectivity index (χ3n) is 3.79. The van der Waals surface area contributed by atoms with Gasteiger partial charge in [-0.25, -0.2) is 4.79 Å². The Balaban J connectivity index is 2.10. The smallest absolute Gasteiger partial charge is 0.460 e. The molecular formula is C18H12ClF3O4. The van der Waals surface area contributed by atoms with Crippen molar-refractivity contribution in [1.82, 2.24) is 0 Å². The summed E-state index contributed by atoms with van der Waals surface area (Å²) in [4.78, 5) is 11.6. The number of ether oxygens (including phenoxy) is 2. The zero-order valence-corrected chi connectivity index (χ0v) is 13.8. The second-order valence-corrected chi connectivity index (χ2v) is 5.92. The standard InChI is InChI=1S/C18H12ClF3O4/c19-14-8-4-7-12-9-13(16(23)24)17(18(20,21)22,26-15(12)14)25-10-11-5-2-1-3-6-11/h1-9H,10H2,(H,23,24). The zero-order valence-electron chi connectivity index (χ0n) is 13.1. The maximum atomic E-state index is 13.9. The fourth-order valence-corrected chi connectivity index (χ4v) is 2.78. The monoisotopic (exact) mass is 384 g/mol. The molecule has 0 saturated heterocycles. The summed E-state index contributed by atoms with van der Waals surface area (Å²) in [7, 11) is 0. The molecule has 2 aromatic carbocycles. The van der Waals surface area contributed by atoms with Crippen LogP contribution in [-0.4, -0.2) is 23.0 Å². The largest absolute Gasteiger partial charge is 0.478 e. The van der Waals surface area contributed by atoms with Gasteiger partial charge in [0.2, 0.25) is 0 Å². The highest BCUT2D eigenvalue weighted by atomic mass is 35.5. The Morgan fingerprint density at radius 3 is 2.46 bits per heavy atom. The Kier molecular flexibility index (Phi) is 4.68. The number of para-hydroxylation sites is 1. The molecule has 0 amide bonds. The van der Waals surface area contributed by atoms with Crippen molar-refractivity contribution < 1.29 is 32.5 Å². The minimum atomic E-state index is -5.16. The zero-order chi connectivity index (χ0) is 18.9. The molecule has 0 spiro atoms. The molecule has 0 fully saturated rings. The molecule has 2 aromatic rings. The lowest BCUT2D eigenvalue weighted by atomic mass is 9.97. The van der Waals surface area contributed by atoms with E-state index in [0.29, 0.717) is 5.56 Å². The third-order valence-corrected chi connectivity index (χ3v) is 4.08. The van der Waals surface area contributed by atoms with Gasteiger partial charge < -0.3 is 14.6 Å². The van der Waals surface area contributed by atoms with Gasteiger partial charge in [-0.1, -0.05) is 54.1 Å². The molecule has 26 heavy (non-hydrogen) atoms. The van der Waals surface area contributed by atoms with E-state index in [0.717, 1.165) is 6.08 Å². The average molecular weight is 385 g/mol. The quantitative estimate of drug-likeness (QED) is 0.832. The average Bonchev–Trinajstić information content (AvgIpc) is 2.59. The summed E-state index contributed by atoms with van der Waals surface area (Å²) in [6.45, 7) is -0.509. The topological polar surface area (TPSA) is 55.8 Å². The number of rotatable bonds is 4. The number of hydrogen-bond donors (Lipinski definition) is 1. The van der Waals surface area contributed by atoms with E-state index in [-0.39, 0.29) is 16.3 Å². The molecule has 4 nitrogen and oxygen atoms in total. The van der Waals surface area contributed by atoms with E-state index in [2.05, 4.69) is 0 Å². The highest BCUT2D eigenvalue weighted by Gasteiger charge is 2.65. The number of benzene rings is 2. The highest BCUT2D eigenvalue weighted by molar-refractivity contribution is 6.32. The normalized spacial score (nSPS) is 19.3. The number of carboxylic acid groups (broad SMARTS) is 1. The maximum Gasteiger partial charge on any atom is 0.460 e. The molecule has 0 radical (unpaired) electrons. The summed E-state index contributed by atoms with van der Waals surface area (Å²) in [6.07, 6.45) is -4.30. The Bertz CT molecular complexity index is 864. The van der Waals surface area contributed by atoms with E-state index in [1.54, 1.807) is 30.3 Å². The number of alkyl halides is 3. The van der Waals surface area contributed by atoms with E-state index < -0.39 is 30.1 Å². The first-order valence-electron chi connectivity index (χ1n) is 7.42. The van der Waals surface area contributed by atoms with Crippen LogP contribution in [0.5, 0.6) is 5.75 Å². The van der Waals surface area contributed by atoms with Gasteiger partial charge in [-0.3, -0.25) is 0 Å². The van der Waals surface area contributed by atoms with Crippen LogP contribution in [0.2, 0.25) is 5.02 Å². The summed E-state index contributed by atoms with van der Waals surface area (Å²) in [6, 6.07) is 12.3. The van der Waals surface area contributed by atoms with Gasteiger partial charge in [-0.2, -0.15) is 13.2 Å². The van der Waals surface area contributed by atoms with Crippen molar-refractivity contribution in [2.45, 2.75) is 18.6 Å². The van der Waals surface area contributed by atoms with Gasteiger partial charge in [0.15, 0.2) is 0 Å².